The van der Waals surface area contributed by atoms with Crippen molar-refractivity contribution < 1.29 is 24.5 Å². The predicted octanol–water partition coefficient (Wildman–Crippen LogP) is 4.08. The molecule has 0 aliphatic rings. The Morgan fingerprint density at radius 2 is 1.74 bits per heavy atom. The molecule has 1 aromatic heterocycles. The van der Waals surface area contributed by atoms with Crippen LogP contribution in [0.3, 0.4) is 0 Å². The number of pyridine rings is 1. The van der Waals surface area contributed by atoms with Gasteiger partial charge < -0.3 is 19.8 Å². The number of ether oxygens (including phenoxy) is 1. The highest BCUT2D eigenvalue weighted by Crippen LogP contribution is 2.29. The summed E-state index contributed by atoms with van der Waals surface area (Å²) in [6, 6.07) is 14.9. The number of aromatic hydroxyl groups is 1. The number of aromatic nitrogens is 1. The van der Waals surface area contributed by atoms with E-state index in [1.807, 2.05) is 57.2 Å². The number of likely N-dealkylation sites (N-methyl/N-ethyl adjacent to an activating group) is 1. The number of amides is 1. The molecule has 0 atom stereocenters. The Balaban J connectivity index is 1.79. The fourth-order valence-corrected chi connectivity index (χ4v) is 3.81. The average Bonchev–Trinajstić information content (AvgIpc) is 2.82. The van der Waals surface area contributed by atoms with Crippen LogP contribution >= 0.6 is 0 Å². The van der Waals surface area contributed by atoms with E-state index in [0.29, 0.717) is 30.8 Å². The van der Waals surface area contributed by atoms with Gasteiger partial charge in [-0.2, -0.15) is 0 Å². The lowest BCUT2D eigenvalue weighted by Gasteiger charge is -2.19. The van der Waals surface area contributed by atoms with Gasteiger partial charge in [0, 0.05) is 25.7 Å². The Hall–Kier alpha value is -3.87. The van der Waals surface area contributed by atoms with Gasteiger partial charge in [0.1, 0.15) is 11.5 Å². The van der Waals surface area contributed by atoms with Crippen molar-refractivity contribution in [2.24, 2.45) is 0 Å². The monoisotopic (exact) mass is 462 g/mol. The van der Waals surface area contributed by atoms with E-state index in [0.717, 1.165) is 27.8 Å². The first-order valence-corrected chi connectivity index (χ1v) is 11.1. The normalized spacial score (nSPS) is 10.7. The summed E-state index contributed by atoms with van der Waals surface area (Å²) in [6.07, 6.45) is 1.17. The minimum absolute atomic E-state index is 0.0292. The highest BCUT2D eigenvalue weighted by molar-refractivity contribution is 5.94. The third kappa shape index (κ3) is 5.92. The number of hydrogen-bond donors (Lipinski definition) is 2. The minimum atomic E-state index is -1.03. The van der Waals surface area contributed by atoms with Crippen molar-refractivity contribution in [1.29, 1.82) is 0 Å². The molecular formula is C27H30N2O5. The lowest BCUT2D eigenvalue weighted by Crippen LogP contribution is -2.29. The smallest absolute Gasteiger partial charge is 0.341 e. The molecule has 1 amide bonds. The van der Waals surface area contributed by atoms with E-state index in [2.05, 4.69) is 4.98 Å². The van der Waals surface area contributed by atoms with Gasteiger partial charge in [-0.15, -0.1) is 0 Å². The van der Waals surface area contributed by atoms with Crippen molar-refractivity contribution in [3.8, 4) is 11.5 Å². The Labute approximate surface area is 199 Å². The lowest BCUT2D eigenvalue weighted by atomic mass is 9.94. The summed E-state index contributed by atoms with van der Waals surface area (Å²) in [4.78, 5) is 29.9. The third-order valence-electron chi connectivity index (χ3n) is 5.98. The van der Waals surface area contributed by atoms with Crippen LogP contribution in [0.2, 0.25) is 0 Å². The third-order valence-corrected chi connectivity index (χ3v) is 5.98. The molecule has 3 aromatic rings. The molecular weight excluding hydrogens is 432 g/mol. The highest BCUT2D eigenvalue weighted by atomic mass is 16.5. The van der Waals surface area contributed by atoms with Crippen LogP contribution in [0.4, 0.5) is 0 Å². The number of benzene rings is 2. The maximum absolute atomic E-state index is 13.0. The average molecular weight is 463 g/mol. The van der Waals surface area contributed by atoms with Crippen LogP contribution in [0.15, 0.2) is 48.5 Å². The molecule has 1 heterocycles. The van der Waals surface area contributed by atoms with Crippen LogP contribution in [0.1, 0.15) is 44.0 Å². The van der Waals surface area contributed by atoms with Gasteiger partial charge in [-0.05, 0) is 73.2 Å². The van der Waals surface area contributed by atoms with E-state index >= 15 is 0 Å². The minimum Gasteiger partial charge on any atom is -0.505 e. The summed E-state index contributed by atoms with van der Waals surface area (Å²) in [7, 11) is 1.70. The quantitative estimate of drug-likeness (QED) is 0.497. The Morgan fingerprint density at radius 1 is 1.03 bits per heavy atom. The Kier molecular flexibility index (Phi) is 7.89. The van der Waals surface area contributed by atoms with Gasteiger partial charge in [0.25, 0.3) is 5.91 Å². The highest BCUT2D eigenvalue weighted by Gasteiger charge is 2.20. The van der Waals surface area contributed by atoms with Crippen molar-refractivity contribution in [1.82, 2.24) is 9.88 Å². The molecule has 0 aliphatic heterocycles. The van der Waals surface area contributed by atoms with Crippen LogP contribution in [0, 0.1) is 20.8 Å². The first-order chi connectivity index (χ1) is 16.2. The zero-order chi connectivity index (χ0) is 24.8. The summed E-state index contributed by atoms with van der Waals surface area (Å²) >= 11 is 0. The maximum Gasteiger partial charge on any atom is 0.341 e. The second kappa shape index (κ2) is 10.8. The van der Waals surface area contributed by atoms with Gasteiger partial charge in [-0.25, -0.2) is 9.78 Å². The molecule has 34 heavy (non-hydrogen) atoms. The first kappa shape index (κ1) is 24.8. The molecule has 0 unspecified atom stereocenters. The topological polar surface area (TPSA) is 100.0 Å². The van der Waals surface area contributed by atoms with Gasteiger partial charge in [0.05, 0.1) is 0 Å². The molecule has 0 fully saturated rings. The van der Waals surface area contributed by atoms with E-state index < -0.39 is 12.6 Å². The van der Waals surface area contributed by atoms with E-state index in [1.165, 1.54) is 6.07 Å². The van der Waals surface area contributed by atoms with Gasteiger partial charge >= 0.3 is 5.97 Å². The number of aryl methyl sites for hydroxylation is 1. The summed E-state index contributed by atoms with van der Waals surface area (Å²) in [5.41, 5.74) is 5.61. The van der Waals surface area contributed by atoms with Gasteiger partial charge in [0.2, 0.25) is 0 Å². The number of hydrogen-bond acceptors (Lipinski definition) is 5. The molecule has 0 spiro atoms. The van der Waals surface area contributed by atoms with Crippen molar-refractivity contribution >= 4 is 11.9 Å². The first-order valence-electron chi connectivity index (χ1n) is 11.1. The fraction of sp³-hybridized carbons (Fsp3) is 0.296. The Morgan fingerprint density at radius 3 is 2.41 bits per heavy atom. The van der Waals surface area contributed by atoms with Gasteiger partial charge in [0.15, 0.2) is 12.3 Å². The van der Waals surface area contributed by atoms with E-state index in [4.69, 9.17) is 9.84 Å². The second-order valence-electron chi connectivity index (χ2n) is 8.41. The van der Waals surface area contributed by atoms with Crippen LogP contribution in [-0.4, -0.2) is 52.2 Å². The Bertz CT molecular complexity index is 1190. The molecule has 0 saturated heterocycles. The van der Waals surface area contributed by atoms with Gasteiger partial charge in [-0.1, -0.05) is 30.3 Å². The number of nitrogens with zero attached hydrogens (tertiary/aromatic N) is 2. The molecule has 7 heteroatoms. The van der Waals surface area contributed by atoms with Crippen molar-refractivity contribution in [3.63, 3.8) is 0 Å². The zero-order valence-electron chi connectivity index (χ0n) is 20.0. The van der Waals surface area contributed by atoms with Crippen LogP contribution in [0.5, 0.6) is 11.5 Å². The predicted molar refractivity (Wildman–Crippen MR) is 130 cm³/mol. The molecule has 178 valence electrons. The van der Waals surface area contributed by atoms with E-state index in [1.54, 1.807) is 18.0 Å². The zero-order valence-corrected chi connectivity index (χ0v) is 20.0. The summed E-state index contributed by atoms with van der Waals surface area (Å²) in [5, 5.41) is 19.2. The van der Waals surface area contributed by atoms with E-state index in [-0.39, 0.29) is 17.4 Å². The van der Waals surface area contributed by atoms with Crippen molar-refractivity contribution in [2.75, 3.05) is 20.2 Å². The van der Waals surface area contributed by atoms with Gasteiger partial charge in [-0.3, -0.25) is 4.79 Å². The molecule has 2 N–H and O–H groups in total. The molecule has 0 bridgehead atoms. The van der Waals surface area contributed by atoms with Crippen LogP contribution < -0.4 is 4.74 Å². The molecule has 7 nitrogen and oxygen atoms in total. The van der Waals surface area contributed by atoms with Crippen LogP contribution in [-0.2, 0) is 17.6 Å². The fourth-order valence-electron chi connectivity index (χ4n) is 3.81. The molecule has 0 radical (unpaired) electrons. The van der Waals surface area contributed by atoms with Crippen molar-refractivity contribution in [2.45, 2.75) is 33.6 Å². The molecule has 0 saturated carbocycles. The second-order valence-corrected chi connectivity index (χ2v) is 8.41. The lowest BCUT2D eigenvalue weighted by molar-refractivity contribution is -0.139. The molecule has 0 aliphatic carbocycles. The number of carbonyl (C=O) groups excluding carboxylic acids is 1. The SMILES string of the molecule is Cc1cc(OCC(=O)O)c(C)c(C)c1Cc1ccc(O)c(C(=O)N(C)CCc2ccccc2)n1. The van der Waals surface area contributed by atoms with E-state index in [9.17, 15) is 14.7 Å². The number of rotatable bonds is 9. The standard InChI is InChI=1S/C27H30N2O5/c1-17-14-24(34-16-25(31)32)19(3)18(2)22(17)15-21-10-11-23(30)26(28-21)27(33)29(4)13-12-20-8-6-5-7-9-20/h5-11,14,30H,12-13,15-16H2,1-4H3,(H,31,32). The maximum atomic E-state index is 13.0. The largest absolute Gasteiger partial charge is 0.505 e. The number of carbonyl (C=O) groups is 2. The summed E-state index contributed by atoms with van der Waals surface area (Å²) < 4.78 is 5.41. The summed E-state index contributed by atoms with van der Waals surface area (Å²) in [5.74, 6) is -0.978. The number of carboxylic acids is 1. The molecule has 3 rings (SSSR count). The molecule has 2 aromatic carbocycles. The number of aliphatic carboxylic acids is 1. The van der Waals surface area contributed by atoms with Crippen LogP contribution in [0.25, 0.3) is 0 Å². The summed E-state index contributed by atoms with van der Waals surface area (Å²) in [6.45, 7) is 5.87. The number of carboxylic acid groups (broad SMARTS) is 1. The van der Waals surface area contributed by atoms with Crippen molar-refractivity contribution in [3.05, 3.63) is 87.7 Å².